The highest BCUT2D eigenvalue weighted by Crippen LogP contribution is 2.27. The zero-order valence-electron chi connectivity index (χ0n) is 14.8. The van der Waals surface area contributed by atoms with Crippen molar-refractivity contribution in [3.8, 4) is 0 Å². The molecule has 1 N–H and O–H groups in total. The number of sulfonamides is 1. The Labute approximate surface area is 167 Å². The minimum absolute atomic E-state index is 0.287. The molecule has 2 rings (SSSR count). The lowest BCUT2D eigenvalue weighted by molar-refractivity contribution is -0.114. The van der Waals surface area contributed by atoms with Gasteiger partial charge in [0.1, 0.15) is 6.54 Å². The van der Waals surface area contributed by atoms with Crippen molar-refractivity contribution in [2.24, 2.45) is 0 Å². The van der Waals surface area contributed by atoms with Crippen molar-refractivity contribution in [2.75, 3.05) is 28.2 Å². The molecule has 0 aliphatic rings. The average Bonchev–Trinajstić information content (AvgIpc) is 2.56. The van der Waals surface area contributed by atoms with Crippen LogP contribution in [-0.4, -0.2) is 32.9 Å². The molecule has 0 aromatic heterocycles. The van der Waals surface area contributed by atoms with Crippen LogP contribution in [0.1, 0.15) is 12.5 Å². The first-order valence-corrected chi connectivity index (χ1v) is 11.6. The number of hydrogen-bond donors (Lipinski definition) is 1. The molecule has 0 heterocycles. The highest BCUT2D eigenvalue weighted by Gasteiger charge is 2.21. The molecule has 5 nitrogen and oxygen atoms in total. The SMILES string of the molecule is CCSc1ccccc1NC(=O)CN(c1ccc(Br)c(C)c1)S(C)(=O)=O. The second-order valence-electron chi connectivity index (χ2n) is 5.68. The summed E-state index contributed by atoms with van der Waals surface area (Å²) in [4.78, 5) is 13.5. The molecule has 0 saturated heterocycles. The molecular weight excluding hydrogens is 436 g/mol. The summed E-state index contributed by atoms with van der Waals surface area (Å²) in [6, 6.07) is 12.7. The van der Waals surface area contributed by atoms with Gasteiger partial charge in [0.15, 0.2) is 0 Å². The van der Waals surface area contributed by atoms with Crippen molar-refractivity contribution in [1.29, 1.82) is 0 Å². The van der Waals surface area contributed by atoms with Gasteiger partial charge in [0, 0.05) is 9.37 Å². The van der Waals surface area contributed by atoms with E-state index in [-0.39, 0.29) is 12.5 Å². The lowest BCUT2D eigenvalue weighted by Crippen LogP contribution is -2.37. The first-order chi connectivity index (χ1) is 12.2. The Morgan fingerprint density at radius 1 is 1.23 bits per heavy atom. The molecule has 0 radical (unpaired) electrons. The third-order valence-electron chi connectivity index (χ3n) is 3.58. The van der Waals surface area contributed by atoms with Crippen LogP contribution in [0.15, 0.2) is 51.8 Å². The Morgan fingerprint density at radius 2 is 1.92 bits per heavy atom. The zero-order valence-corrected chi connectivity index (χ0v) is 18.0. The third-order valence-corrected chi connectivity index (χ3v) is 6.56. The van der Waals surface area contributed by atoms with E-state index in [1.54, 1.807) is 30.0 Å². The lowest BCUT2D eigenvalue weighted by atomic mass is 10.2. The number of aryl methyl sites for hydroxylation is 1. The predicted octanol–water partition coefficient (Wildman–Crippen LogP) is 4.27. The molecule has 0 fully saturated rings. The Morgan fingerprint density at radius 3 is 2.54 bits per heavy atom. The van der Waals surface area contributed by atoms with Crippen molar-refractivity contribution < 1.29 is 13.2 Å². The van der Waals surface area contributed by atoms with Gasteiger partial charge in [-0.25, -0.2) is 8.42 Å². The van der Waals surface area contributed by atoms with Gasteiger partial charge in [-0.1, -0.05) is 35.0 Å². The Hall–Kier alpha value is -1.51. The minimum Gasteiger partial charge on any atom is -0.323 e. The lowest BCUT2D eigenvalue weighted by Gasteiger charge is -2.23. The molecule has 0 bridgehead atoms. The van der Waals surface area contributed by atoms with Gasteiger partial charge in [-0.05, 0) is 48.6 Å². The molecule has 2 aromatic rings. The van der Waals surface area contributed by atoms with Crippen LogP contribution in [0.3, 0.4) is 0 Å². The highest BCUT2D eigenvalue weighted by molar-refractivity contribution is 9.10. The summed E-state index contributed by atoms with van der Waals surface area (Å²) in [6.45, 7) is 3.61. The monoisotopic (exact) mass is 456 g/mol. The average molecular weight is 457 g/mol. The van der Waals surface area contributed by atoms with E-state index in [9.17, 15) is 13.2 Å². The van der Waals surface area contributed by atoms with E-state index in [1.807, 2.05) is 38.1 Å². The summed E-state index contributed by atoms with van der Waals surface area (Å²) < 4.78 is 26.4. The fourth-order valence-electron chi connectivity index (χ4n) is 2.36. The molecular formula is C18H21BrN2O3S2. The summed E-state index contributed by atoms with van der Waals surface area (Å²) in [6.07, 6.45) is 1.10. The van der Waals surface area contributed by atoms with E-state index in [0.29, 0.717) is 11.4 Å². The second kappa shape index (κ2) is 8.92. The number of rotatable bonds is 7. The number of carbonyl (C=O) groups is 1. The van der Waals surface area contributed by atoms with Crippen LogP contribution in [-0.2, 0) is 14.8 Å². The topological polar surface area (TPSA) is 66.5 Å². The molecule has 0 saturated carbocycles. The van der Waals surface area contributed by atoms with E-state index in [0.717, 1.165) is 31.2 Å². The summed E-state index contributed by atoms with van der Waals surface area (Å²) in [7, 11) is -3.60. The second-order valence-corrected chi connectivity index (χ2v) is 9.75. The van der Waals surface area contributed by atoms with Crippen LogP contribution in [0.4, 0.5) is 11.4 Å². The highest BCUT2D eigenvalue weighted by atomic mass is 79.9. The fraction of sp³-hybridized carbons (Fsp3) is 0.278. The Balaban J connectivity index is 2.24. The van der Waals surface area contributed by atoms with E-state index < -0.39 is 10.0 Å². The normalized spacial score (nSPS) is 11.2. The van der Waals surface area contributed by atoms with E-state index in [1.165, 1.54) is 0 Å². The Bertz CT molecular complexity index is 901. The molecule has 0 atom stereocenters. The molecule has 140 valence electrons. The third kappa shape index (κ3) is 5.49. The summed E-state index contributed by atoms with van der Waals surface area (Å²) >= 11 is 5.01. The number of nitrogens with zero attached hydrogens (tertiary/aromatic N) is 1. The molecule has 26 heavy (non-hydrogen) atoms. The van der Waals surface area contributed by atoms with E-state index in [4.69, 9.17) is 0 Å². The number of benzene rings is 2. The molecule has 0 aliphatic heterocycles. The smallest absolute Gasteiger partial charge is 0.245 e. The summed E-state index contributed by atoms with van der Waals surface area (Å²) in [5.41, 5.74) is 2.03. The van der Waals surface area contributed by atoms with Crippen LogP contribution in [0.5, 0.6) is 0 Å². The van der Waals surface area contributed by atoms with Gasteiger partial charge >= 0.3 is 0 Å². The molecule has 2 aromatic carbocycles. The van der Waals surface area contributed by atoms with Gasteiger partial charge in [0.2, 0.25) is 15.9 Å². The van der Waals surface area contributed by atoms with E-state index in [2.05, 4.69) is 21.2 Å². The fourth-order valence-corrected chi connectivity index (χ4v) is 4.21. The van der Waals surface area contributed by atoms with Crippen molar-refractivity contribution in [2.45, 2.75) is 18.7 Å². The van der Waals surface area contributed by atoms with Crippen LogP contribution in [0.2, 0.25) is 0 Å². The number of thioether (sulfide) groups is 1. The molecule has 0 unspecified atom stereocenters. The first-order valence-electron chi connectivity index (χ1n) is 7.98. The number of amides is 1. The summed E-state index contributed by atoms with van der Waals surface area (Å²) in [5.74, 6) is 0.487. The van der Waals surface area contributed by atoms with Gasteiger partial charge < -0.3 is 5.32 Å². The Kier molecular flexibility index (Phi) is 7.14. The van der Waals surface area contributed by atoms with Gasteiger partial charge in [-0.15, -0.1) is 11.8 Å². The van der Waals surface area contributed by atoms with Gasteiger partial charge in [-0.2, -0.15) is 0 Å². The zero-order chi connectivity index (χ0) is 19.3. The van der Waals surface area contributed by atoms with Crippen molar-refractivity contribution in [1.82, 2.24) is 0 Å². The van der Waals surface area contributed by atoms with Gasteiger partial charge in [0.05, 0.1) is 17.6 Å². The van der Waals surface area contributed by atoms with E-state index >= 15 is 0 Å². The molecule has 0 spiro atoms. The van der Waals surface area contributed by atoms with Crippen LogP contribution in [0.25, 0.3) is 0 Å². The number of hydrogen-bond acceptors (Lipinski definition) is 4. The van der Waals surface area contributed by atoms with Crippen LogP contribution < -0.4 is 9.62 Å². The maximum Gasteiger partial charge on any atom is 0.245 e. The van der Waals surface area contributed by atoms with Gasteiger partial charge in [-0.3, -0.25) is 9.10 Å². The number of nitrogens with one attached hydrogen (secondary N) is 1. The largest absolute Gasteiger partial charge is 0.323 e. The number of halogens is 1. The minimum atomic E-state index is -3.60. The van der Waals surface area contributed by atoms with Crippen LogP contribution >= 0.6 is 27.7 Å². The van der Waals surface area contributed by atoms with Crippen LogP contribution in [0, 0.1) is 6.92 Å². The predicted molar refractivity (Wildman–Crippen MR) is 113 cm³/mol. The van der Waals surface area contributed by atoms with Crippen molar-refractivity contribution >= 4 is 55.0 Å². The van der Waals surface area contributed by atoms with Crippen molar-refractivity contribution in [3.05, 3.63) is 52.5 Å². The maximum atomic E-state index is 12.5. The molecule has 0 aliphatic carbocycles. The maximum absolute atomic E-state index is 12.5. The molecule has 8 heteroatoms. The standard InChI is InChI=1S/C18H21BrN2O3S2/c1-4-25-17-8-6-5-7-16(17)20-18(22)12-21(26(3,23)24)14-9-10-15(19)13(2)11-14/h5-11H,4,12H2,1-3H3,(H,20,22). The first kappa shape index (κ1) is 20.8. The van der Waals surface area contributed by atoms with Gasteiger partial charge in [0.25, 0.3) is 0 Å². The number of para-hydroxylation sites is 1. The number of carbonyl (C=O) groups excluding carboxylic acids is 1. The molecule has 1 amide bonds. The number of anilines is 2. The van der Waals surface area contributed by atoms with Crippen molar-refractivity contribution in [3.63, 3.8) is 0 Å². The quantitative estimate of drug-likeness (QED) is 0.631. The summed E-state index contributed by atoms with van der Waals surface area (Å²) in [5, 5.41) is 2.82.